The Morgan fingerprint density at radius 2 is 2.19 bits per heavy atom. The number of nitrogen functional groups attached to an aromatic ring is 1. The van der Waals surface area contributed by atoms with Gasteiger partial charge in [0.05, 0.1) is 0 Å². The predicted octanol–water partition coefficient (Wildman–Crippen LogP) is 3.49. The van der Waals surface area contributed by atoms with E-state index in [1.54, 1.807) is 5.57 Å². The maximum absolute atomic E-state index is 5.80. The summed E-state index contributed by atoms with van der Waals surface area (Å²) < 4.78 is 0. The summed E-state index contributed by atoms with van der Waals surface area (Å²) in [5.74, 6) is 0. The summed E-state index contributed by atoms with van der Waals surface area (Å²) in [5.41, 5.74) is 10.6. The molecule has 16 heavy (non-hydrogen) atoms. The van der Waals surface area contributed by atoms with E-state index >= 15 is 0 Å². The number of nitrogens with two attached hydrogens (primary N) is 1. The zero-order valence-corrected chi connectivity index (χ0v) is 9.92. The molecule has 0 saturated heterocycles. The molecule has 0 spiro atoms. The first kappa shape index (κ1) is 11.1. The molecule has 0 aliphatic heterocycles. The van der Waals surface area contributed by atoms with E-state index in [9.17, 15) is 0 Å². The van der Waals surface area contributed by atoms with Crippen LogP contribution in [-0.2, 0) is 0 Å². The second kappa shape index (κ2) is 5.06. The highest BCUT2D eigenvalue weighted by molar-refractivity contribution is 5.56. The van der Waals surface area contributed by atoms with Crippen LogP contribution in [0.1, 0.15) is 31.2 Å². The van der Waals surface area contributed by atoms with Gasteiger partial charge in [0.15, 0.2) is 0 Å². The average Bonchev–Trinajstić information content (AvgIpc) is 2.69. The molecule has 0 heterocycles. The van der Waals surface area contributed by atoms with Gasteiger partial charge in [0.1, 0.15) is 0 Å². The van der Waals surface area contributed by atoms with Gasteiger partial charge in [0, 0.05) is 17.9 Å². The Morgan fingerprint density at radius 3 is 2.88 bits per heavy atom. The fourth-order valence-electron chi connectivity index (χ4n) is 2.25. The lowest BCUT2D eigenvalue weighted by Gasteiger charge is -2.08. The van der Waals surface area contributed by atoms with Gasteiger partial charge in [0.2, 0.25) is 0 Å². The quantitative estimate of drug-likeness (QED) is 0.597. The van der Waals surface area contributed by atoms with Crippen molar-refractivity contribution in [3.05, 3.63) is 35.4 Å². The van der Waals surface area contributed by atoms with Crippen LogP contribution in [0.15, 0.2) is 29.8 Å². The smallest absolute Gasteiger partial charge is 0.0363 e. The Labute approximate surface area is 97.5 Å². The van der Waals surface area contributed by atoms with Gasteiger partial charge >= 0.3 is 0 Å². The molecule has 0 saturated carbocycles. The molecule has 2 heteroatoms. The molecule has 0 amide bonds. The summed E-state index contributed by atoms with van der Waals surface area (Å²) in [7, 11) is 0. The molecule has 0 unspecified atom stereocenters. The third-order valence-corrected chi connectivity index (χ3v) is 3.01. The van der Waals surface area contributed by atoms with E-state index in [0.29, 0.717) is 0 Å². The van der Waals surface area contributed by atoms with E-state index < -0.39 is 0 Å². The third-order valence-electron chi connectivity index (χ3n) is 3.01. The van der Waals surface area contributed by atoms with Gasteiger partial charge in [-0.3, -0.25) is 0 Å². The van der Waals surface area contributed by atoms with Crippen LogP contribution in [0.5, 0.6) is 0 Å². The molecular formula is C14H20N2. The molecule has 2 nitrogen and oxygen atoms in total. The summed E-state index contributed by atoms with van der Waals surface area (Å²) in [6.45, 7) is 3.08. The molecule has 1 aliphatic rings. The van der Waals surface area contributed by atoms with Crippen molar-refractivity contribution >= 4 is 11.4 Å². The van der Waals surface area contributed by atoms with Crippen LogP contribution < -0.4 is 11.1 Å². The Kier molecular flexibility index (Phi) is 3.50. The first-order chi connectivity index (χ1) is 7.74. The van der Waals surface area contributed by atoms with Crippen molar-refractivity contribution < 1.29 is 0 Å². The summed E-state index contributed by atoms with van der Waals surface area (Å²) >= 11 is 0. The molecule has 1 aromatic rings. The van der Waals surface area contributed by atoms with Crippen molar-refractivity contribution in [2.45, 2.75) is 32.6 Å². The van der Waals surface area contributed by atoms with E-state index in [4.69, 9.17) is 5.73 Å². The largest absolute Gasteiger partial charge is 0.399 e. The number of anilines is 2. The number of benzene rings is 1. The second-order valence-electron chi connectivity index (χ2n) is 4.56. The van der Waals surface area contributed by atoms with Crippen molar-refractivity contribution in [1.82, 2.24) is 0 Å². The summed E-state index contributed by atoms with van der Waals surface area (Å²) in [6, 6.07) is 6.13. The zero-order chi connectivity index (χ0) is 11.4. The fourth-order valence-corrected chi connectivity index (χ4v) is 2.25. The van der Waals surface area contributed by atoms with Crippen LogP contribution >= 0.6 is 0 Å². The van der Waals surface area contributed by atoms with Crippen LogP contribution in [0.2, 0.25) is 0 Å². The number of aryl methyl sites for hydroxylation is 1. The highest BCUT2D eigenvalue weighted by Gasteiger charge is 2.03. The maximum Gasteiger partial charge on any atom is 0.0363 e. The van der Waals surface area contributed by atoms with Crippen molar-refractivity contribution in [1.29, 1.82) is 0 Å². The second-order valence-corrected chi connectivity index (χ2v) is 4.56. The average molecular weight is 216 g/mol. The van der Waals surface area contributed by atoms with E-state index in [1.165, 1.54) is 24.8 Å². The zero-order valence-electron chi connectivity index (χ0n) is 9.92. The number of nitrogens with one attached hydrogen (secondary N) is 1. The number of hydrogen-bond acceptors (Lipinski definition) is 2. The molecule has 1 aliphatic carbocycles. The molecule has 0 aromatic heterocycles. The van der Waals surface area contributed by atoms with E-state index in [1.807, 2.05) is 12.1 Å². The number of allylic oxidation sites excluding steroid dienone is 1. The minimum atomic E-state index is 0.836. The van der Waals surface area contributed by atoms with Crippen LogP contribution in [0.3, 0.4) is 0 Å². The van der Waals surface area contributed by atoms with Crippen molar-refractivity contribution in [2.24, 2.45) is 0 Å². The normalized spacial score (nSPS) is 14.9. The summed E-state index contributed by atoms with van der Waals surface area (Å²) in [5, 5.41) is 3.43. The molecule has 2 rings (SSSR count). The maximum atomic E-state index is 5.80. The van der Waals surface area contributed by atoms with Gasteiger partial charge in [-0.1, -0.05) is 11.6 Å². The van der Waals surface area contributed by atoms with Crippen LogP contribution in [-0.4, -0.2) is 6.54 Å². The van der Waals surface area contributed by atoms with E-state index in [2.05, 4.69) is 24.4 Å². The highest BCUT2D eigenvalue weighted by atomic mass is 14.9. The Balaban J connectivity index is 1.84. The molecule has 0 atom stereocenters. The summed E-state index contributed by atoms with van der Waals surface area (Å²) in [4.78, 5) is 0. The fraction of sp³-hybridized carbons (Fsp3) is 0.429. The SMILES string of the molecule is Cc1cc(N)cc(NCCC2=CCCC2)c1. The number of hydrogen-bond donors (Lipinski definition) is 2. The topological polar surface area (TPSA) is 38.0 Å². The monoisotopic (exact) mass is 216 g/mol. The summed E-state index contributed by atoms with van der Waals surface area (Å²) in [6.07, 6.45) is 7.44. The highest BCUT2D eigenvalue weighted by Crippen LogP contribution is 2.21. The van der Waals surface area contributed by atoms with Crippen LogP contribution in [0.25, 0.3) is 0 Å². The lowest BCUT2D eigenvalue weighted by molar-refractivity contribution is 0.863. The van der Waals surface area contributed by atoms with Gasteiger partial charge in [0.25, 0.3) is 0 Å². The van der Waals surface area contributed by atoms with Crippen molar-refractivity contribution in [3.63, 3.8) is 0 Å². The third kappa shape index (κ3) is 3.02. The van der Waals surface area contributed by atoms with Gasteiger partial charge < -0.3 is 11.1 Å². The van der Waals surface area contributed by atoms with Crippen LogP contribution in [0, 0.1) is 6.92 Å². The van der Waals surface area contributed by atoms with Crippen molar-refractivity contribution in [2.75, 3.05) is 17.6 Å². The Morgan fingerprint density at radius 1 is 1.31 bits per heavy atom. The predicted molar refractivity (Wildman–Crippen MR) is 70.6 cm³/mol. The van der Waals surface area contributed by atoms with Gasteiger partial charge in [-0.05, 0) is 56.4 Å². The first-order valence-electron chi connectivity index (χ1n) is 6.03. The molecule has 0 fully saturated rings. The number of rotatable bonds is 4. The van der Waals surface area contributed by atoms with Gasteiger partial charge in [-0.25, -0.2) is 0 Å². The standard InChI is InChI=1S/C14H20N2/c1-11-8-13(15)10-14(9-11)16-7-6-12-4-2-3-5-12/h4,8-10,16H,2-3,5-7,15H2,1H3. The van der Waals surface area contributed by atoms with Crippen LogP contribution in [0.4, 0.5) is 11.4 Å². The molecular weight excluding hydrogens is 196 g/mol. The molecule has 3 N–H and O–H groups in total. The molecule has 1 aromatic carbocycles. The van der Waals surface area contributed by atoms with Gasteiger partial charge in [-0.2, -0.15) is 0 Å². The van der Waals surface area contributed by atoms with E-state index in [-0.39, 0.29) is 0 Å². The van der Waals surface area contributed by atoms with Crippen molar-refractivity contribution in [3.8, 4) is 0 Å². The minimum absolute atomic E-state index is 0.836. The first-order valence-corrected chi connectivity index (χ1v) is 6.03. The Hall–Kier alpha value is -1.44. The minimum Gasteiger partial charge on any atom is -0.399 e. The molecule has 0 bridgehead atoms. The Bertz CT molecular complexity index is 373. The molecule has 0 radical (unpaired) electrons. The van der Waals surface area contributed by atoms with E-state index in [0.717, 1.165) is 24.3 Å². The lowest BCUT2D eigenvalue weighted by atomic mass is 10.1. The van der Waals surface area contributed by atoms with Gasteiger partial charge in [-0.15, -0.1) is 0 Å². The lowest BCUT2D eigenvalue weighted by Crippen LogP contribution is -2.03. The molecule has 86 valence electrons.